The maximum Gasteiger partial charge on any atom is 0.397 e. The number of fused-ring (bicyclic) bond motifs is 7. The molecule has 4 saturated carbocycles. The third-order valence-electron chi connectivity index (χ3n) is 13.3. The average Bonchev–Trinajstić information content (AvgIpc) is 2.75. The third-order valence-corrected chi connectivity index (χ3v) is 13.7. The summed E-state index contributed by atoms with van der Waals surface area (Å²) in [6.07, 6.45) is 7.53. The summed E-state index contributed by atoms with van der Waals surface area (Å²) in [6, 6.07) is 0. The van der Waals surface area contributed by atoms with Gasteiger partial charge in [-0.1, -0.05) is 60.1 Å². The van der Waals surface area contributed by atoms with Crippen molar-refractivity contribution in [2.75, 3.05) is 0 Å². The summed E-state index contributed by atoms with van der Waals surface area (Å²) in [7, 11) is -4.54. The molecule has 5 aliphatic rings. The molecule has 5 aliphatic carbocycles. The van der Waals surface area contributed by atoms with Crippen molar-refractivity contribution in [2.45, 2.75) is 118 Å². The van der Waals surface area contributed by atoms with Gasteiger partial charge in [0.25, 0.3) is 0 Å². The average molecular weight is 553 g/mol. The van der Waals surface area contributed by atoms with Gasteiger partial charge in [0.05, 0.1) is 12.2 Å². The van der Waals surface area contributed by atoms with Crippen LogP contribution in [0.5, 0.6) is 0 Å². The van der Waals surface area contributed by atoms with Crippen LogP contribution >= 0.6 is 0 Å². The summed E-state index contributed by atoms with van der Waals surface area (Å²) in [4.78, 5) is 12.9. The van der Waals surface area contributed by atoms with Crippen molar-refractivity contribution in [1.82, 2.24) is 0 Å². The van der Waals surface area contributed by atoms with Gasteiger partial charge in [-0.2, -0.15) is 8.42 Å². The Morgan fingerprint density at radius 1 is 0.947 bits per heavy atom. The van der Waals surface area contributed by atoms with Crippen molar-refractivity contribution in [2.24, 2.45) is 50.2 Å². The summed E-state index contributed by atoms with van der Waals surface area (Å²) < 4.78 is 37.9. The molecule has 0 aromatic rings. The van der Waals surface area contributed by atoms with E-state index in [1.165, 1.54) is 5.57 Å². The summed E-state index contributed by atoms with van der Waals surface area (Å²) in [5.41, 5.74) is -0.765. The lowest BCUT2D eigenvalue weighted by Gasteiger charge is -2.71. The second kappa shape index (κ2) is 8.29. The van der Waals surface area contributed by atoms with Crippen LogP contribution in [-0.2, 0) is 19.4 Å². The molecular formula is C30H48O7S. The first-order chi connectivity index (χ1) is 17.2. The van der Waals surface area contributed by atoms with Crippen LogP contribution in [0.3, 0.4) is 0 Å². The van der Waals surface area contributed by atoms with Crippen LogP contribution in [0.25, 0.3) is 0 Å². The first kappa shape index (κ1) is 28.6. The zero-order valence-electron chi connectivity index (χ0n) is 24.2. The number of carboxylic acids is 1. The van der Waals surface area contributed by atoms with E-state index in [0.717, 1.165) is 38.5 Å². The van der Waals surface area contributed by atoms with Gasteiger partial charge in [-0.05, 0) is 103 Å². The molecule has 9 atom stereocenters. The van der Waals surface area contributed by atoms with E-state index in [1.807, 2.05) is 0 Å². The molecule has 0 aromatic heterocycles. The van der Waals surface area contributed by atoms with E-state index in [4.69, 9.17) is 4.18 Å². The lowest BCUT2D eigenvalue weighted by atomic mass is 9.33. The SMILES string of the molecule is CC1(C)CC[C@]2(C(=O)O)[C@H](O)C[C@]3(C)C(=CC[C@@H]4[C@@]5(C)CC[C@H](OS(=O)(=O)O)C(C)(C)[C@@H]5CC[C@]43C)[C@@H]2C1. The van der Waals surface area contributed by atoms with Crippen molar-refractivity contribution in [3.8, 4) is 0 Å². The van der Waals surface area contributed by atoms with E-state index in [-0.39, 0.29) is 33.5 Å². The first-order valence-electron chi connectivity index (χ1n) is 14.5. The minimum absolute atomic E-state index is 0.0271. The monoisotopic (exact) mass is 552 g/mol. The highest BCUT2D eigenvalue weighted by atomic mass is 32.3. The van der Waals surface area contributed by atoms with E-state index in [9.17, 15) is 28.0 Å². The zero-order valence-corrected chi connectivity index (χ0v) is 25.0. The van der Waals surface area contributed by atoms with Crippen molar-refractivity contribution < 1.29 is 32.2 Å². The van der Waals surface area contributed by atoms with Gasteiger partial charge >= 0.3 is 16.4 Å². The third kappa shape index (κ3) is 3.68. The second-order valence-electron chi connectivity index (χ2n) is 15.7. The minimum atomic E-state index is -4.54. The Bertz CT molecular complexity index is 1160. The highest BCUT2D eigenvalue weighted by molar-refractivity contribution is 7.80. The summed E-state index contributed by atoms with van der Waals surface area (Å²) in [5, 5.41) is 22.3. The molecule has 7 nitrogen and oxygen atoms in total. The Labute approximate surface area is 228 Å². The highest BCUT2D eigenvalue weighted by Gasteiger charge is 2.71. The van der Waals surface area contributed by atoms with E-state index in [0.29, 0.717) is 25.2 Å². The van der Waals surface area contributed by atoms with E-state index in [2.05, 4.69) is 54.5 Å². The molecule has 38 heavy (non-hydrogen) atoms. The van der Waals surface area contributed by atoms with E-state index < -0.39 is 39.4 Å². The smallest absolute Gasteiger partial charge is 0.397 e. The Balaban J connectivity index is 1.58. The fraction of sp³-hybridized carbons (Fsp3) is 0.900. The summed E-state index contributed by atoms with van der Waals surface area (Å²) >= 11 is 0. The van der Waals surface area contributed by atoms with Gasteiger partial charge in [0.1, 0.15) is 5.41 Å². The predicted molar refractivity (Wildman–Crippen MR) is 144 cm³/mol. The lowest BCUT2D eigenvalue weighted by molar-refractivity contribution is -0.216. The second-order valence-corrected chi connectivity index (χ2v) is 16.7. The van der Waals surface area contributed by atoms with E-state index in [1.54, 1.807) is 0 Å². The first-order valence-corrected chi connectivity index (χ1v) is 15.9. The highest BCUT2D eigenvalue weighted by Crippen LogP contribution is 2.75. The molecule has 3 N–H and O–H groups in total. The number of hydrogen-bond acceptors (Lipinski definition) is 5. The molecule has 0 saturated heterocycles. The predicted octanol–water partition coefficient (Wildman–Crippen LogP) is 6.03. The molecule has 0 bridgehead atoms. The van der Waals surface area contributed by atoms with Crippen molar-refractivity contribution >= 4 is 16.4 Å². The van der Waals surface area contributed by atoms with Gasteiger partial charge in [-0.3, -0.25) is 9.35 Å². The molecule has 0 amide bonds. The maximum absolute atomic E-state index is 12.9. The number of rotatable bonds is 3. The lowest BCUT2D eigenvalue weighted by Crippen LogP contribution is -2.67. The number of aliphatic hydroxyl groups excluding tert-OH is 1. The molecule has 5 rings (SSSR count). The molecular weight excluding hydrogens is 504 g/mol. The van der Waals surface area contributed by atoms with Crippen LogP contribution in [0, 0.1) is 50.2 Å². The topological polar surface area (TPSA) is 121 Å². The van der Waals surface area contributed by atoms with Crippen LogP contribution in [0.1, 0.15) is 106 Å². The molecule has 216 valence electrons. The minimum Gasteiger partial charge on any atom is -0.481 e. The van der Waals surface area contributed by atoms with E-state index >= 15 is 0 Å². The Morgan fingerprint density at radius 3 is 2.21 bits per heavy atom. The zero-order chi connectivity index (χ0) is 28.3. The van der Waals surface area contributed by atoms with Gasteiger partial charge in [-0.25, -0.2) is 4.18 Å². The number of carbonyl (C=O) groups is 1. The van der Waals surface area contributed by atoms with Gasteiger partial charge in [0, 0.05) is 0 Å². The molecule has 0 aliphatic heterocycles. The van der Waals surface area contributed by atoms with Crippen LogP contribution in [0.15, 0.2) is 11.6 Å². The molecule has 4 fully saturated rings. The fourth-order valence-corrected chi connectivity index (χ4v) is 11.7. The number of aliphatic carboxylic acids is 1. The normalized spacial score (nSPS) is 49.5. The van der Waals surface area contributed by atoms with Crippen LogP contribution < -0.4 is 0 Å². The number of aliphatic hydroxyl groups is 1. The Kier molecular flexibility index (Phi) is 6.23. The van der Waals surface area contributed by atoms with Crippen LogP contribution in [-0.4, -0.2) is 41.4 Å². The Morgan fingerprint density at radius 2 is 1.61 bits per heavy atom. The molecule has 8 heteroatoms. The van der Waals surface area contributed by atoms with Crippen molar-refractivity contribution in [3.05, 3.63) is 11.6 Å². The number of carboxylic acid groups (broad SMARTS) is 1. The summed E-state index contributed by atoms with van der Waals surface area (Å²) in [5.74, 6) is -0.492. The molecule has 0 spiro atoms. The van der Waals surface area contributed by atoms with Crippen LogP contribution in [0.4, 0.5) is 0 Å². The largest absolute Gasteiger partial charge is 0.481 e. The van der Waals surface area contributed by atoms with Crippen molar-refractivity contribution in [3.63, 3.8) is 0 Å². The molecule has 0 unspecified atom stereocenters. The summed E-state index contributed by atoms with van der Waals surface area (Å²) in [6.45, 7) is 15.7. The van der Waals surface area contributed by atoms with Gasteiger partial charge in [-0.15, -0.1) is 0 Å². The molecule has 0 heterocycles. The van der Waals surface area contributed by atoms with Crippen LogP contribution in [0.2, 0.25) is 0 Å². The number of hydrogen-bond donors (Lipinski definition) is 3. The van der Waals surface area contributed by atoms with Gasteiger partial charge in [0.15, 0.2) is 0 Å². The standard InChI is InChI=1S/C30H48O7S/c1-25(2)14-15-30(24(32)33)19(16-25)18-8-9-21-27(5)12-11-23(37-38(34,35)36)26(3,4)20(27)10-13-28(21,6)29(18,7)17-22(30)31/h8,19-23,31H,9-17H2,1-7H3,(H,32,33)(H,34,35,36)/t19-,20-,21+,22+,23-,27-,28+,29+,30+/m0/s1. The molecule has 0 radical (unpaired) electrons. The Hall–Kier alpha value is -0.960. The molecule has 0 aromatic carbocycles. The van der Waals surface area contributed by atoms with Gasteiger partial charge < -0.3 is 10.2 Å². The fourth-order valence-electron chi connectivity index (χ4n) is 11.0. The quantitative estimate of drug-likeness (QED) is 0.289. The maximum atomic E-state index is 12.9. The van der Waals surface area contributed by atoms with Gasteiger partial charge in [0.2, 0.25) is 0 Å². The van der Waals surface area contributed by atoms with Crippen molar-refractivity contribution in [1.29, 1.82) is 0 Å². The number of allylic oxidation sites excluding steroid dienone is 2.